The summed E-state index contributed by atoms with van der Waals surface area (Å²) in [6.07, 6.45) is 0.548. The average Bonchev–Trinajstić information content (AvgIpc) is 2.80. The van der Waals surface area contributed by atoms with Crippen LogP contribution in [0.4, 0.5) is 16.2 Å². The normalized spacial score (nSPS) is 19.0. The summed E-state index contributed by atoms with van der Waals surface area (Å²) >= 11 is 0. The first-order chi connectivity index (χ1) is 16.5. The molecule has 10 nitrogen and oxygen atoms in total. The molecule has 3 rings (SSSR count). The molecule has 0 aromatic heterocycles. The SMILES string of the molecule is C[C@H](CO)N1C[C@H](C)[C@@H](CN(C)C(=O)Nc2ccccc2)Oc2ccc(NS(C)(=O)=O)cc2C1=O. The van der Waals surface area contributed by atoms with E-state index in [4.69, 9.17) is 4.74 Å². The Morgan fingerprint density at radius 2 is 1.91 bits per heavy atom. The van der Waals surface area contributed by atoms with E-state index in [1.165, 1.54) is 23.1 Å². The summed E-state index contributed by atoms with van der Waals surface area (Å²) in [7, 11) is -1.89. The van der Waals surface area contributed by atoms with Crippen molar-refractivity contribution in [1.29, 1.82) is 0 Å². The number of carbonyl (C=O) groups is 2. The second-order valence-corrected chi connectivity index (χ2v) is 10.6. The summed E-state index contributed by atoms with van der Waals surface area (Å²) in [6.45, 7) is 3.93. The molecule has 0 fully saturated rings. The van der Waals surface area contributed by atoms with Gasteiger partial charge < -0.3 is 25.0 Å². The monoisotopic (exact) mass is 504 g/mol. The summed E-state index contributed by atoms with van der Waals surface area (Å²) in [5, 5.41) is 12.6. The predicted octanol–water partition coefficient (Wildman–Crippen LogP) is 2.44. The van der Waals surface area contributed by atoms with Crippen molar-refractivity contribution < 1.29 is 27.9 Å². The molecule has 0 unspecified atom stereocenters. The number of benzene rings is 2. The number of aliphatic hydroxyl groups excluding tert-OH is 1. The van der Waals surface area contributed by atoms with E-state index < -0.39 is 22.2 Å². The van der Waals surface area contributed by atoms with Crippen LogP contribution in [-0.2, 0) is 10.0 Å². The van der Waals surface area contributed by atoms with Gasteiger partial charge in [0.25, 0.3) is 5.91 Å². The molecule has 0 radical (unpaired) electrons. The minimum Gasteiger partial charge on any atom is -0.487 e. The van der Waals surface area contributed by atoms with Gasteiger partial charge in [-0.2, -0.15) is 0 Å². The fourth-order valence-corrected chi connectivity index (χ4v) is 4.37. The molecule has 0 saturated heterocycles. The van der Waals surface area contributed by atoms with Crippen molar-refractivity contribution in [2.45, 2.75) is 26.0 Å². The van der Waals surface area contributed by atoms with Crippen LogP contribution in [0.5, 0.6) is 5.75 Å². The van der Waals surface area contributed by atoms with Crippen LogP contribution in [0, 0.1) is 5.92 Å². The van der Waals surface area contributed by atoms with E-state index in [1.807, 2.05) is 25.1 Å². The summed E-state index contributed by atoms with van der Waals surface area (Å²) in [5.41, 5.74) is 1.07. The number of sulfonamides is 1. The highest BCUT2D eigenvalue weighted by Gasteiger charge is 2.34. The van der Waals surface area contributed by atoms with Gasteiger partial charge in [0.05, 0.1) is 31.0 Å². The van der Waals surface area contributed by atoms with Gasteiger partial charge in [-0.1, -0.05) is 25.1 Å². The van der Waals surface area contributed by atoms with Crippen molar-refractivity contribution in [1.82, 2.24) is 9.80 Å². The number of likely N-dealkylation sites (N-methyl/N-ethyl adjacent to an activating group) is 1. The van der Waals surface area contributed by atoms with Gasteiger partial charge >= 0.3 is 6.03 Å². The maximum Gasteiger partial charge on any atom is 0.321 e. The van der Waals surface area contributed by atoms with Crippen molar-refractivity contribution in [3.05, 3.63) is 54.1 Å². The lowest BCUT2D eigenvalue weighted by Gasteiger charge is -2.38. The number of anilines is 2. The third-order valence-electron chi connectivity index (χ3n) is 5.79. The Morgan fingerprint density at radius 3 is 2.54 bits per heavy atom. The predicted molar refractivity (Wildman–Crippen MR) is 134 cm³/mol. The molecule has 3 atom stereocenters. The Balaban J connectivity index is 1.89. The number of hydrogen-bond donors (Lipinski definition) is 3. The van der Waals surface area contributed by atoms with E-state index in [1.54, 1.807) is 31.0 Å². The van der Waals surface area contributed by atoms with Gasteiger partial charge in [0.2, 0.25) is 10.0 Å². The van der Waals surface area contributed by atoms with Crippen LogP contribution in [0.2, 0.25) is 0 Å². The largest absolute Gasteiger partial charge is 0.487 e. The Morgan fingerprint density at radius 1 is 1.23 bits per heavy atom. The number of fused-ring (bicyclic) bond motifs is 1. The molecule has 0 spiro atoms. The number of rotatable bonds is 7. The zero-order valence-corrected chi connectivity index (χ0v) is 21.1. The van der Waals surface area contributed by atoms with Gasteiger partial charge in [0, 0.05) is 30.9 Å². The minimum absolute atomic E-state index is 0.173. The van der Waals surface area contributed by atoms with Gasteiger partial charge in [-0.15, -0.1) is 0 Å². The van der Waals surface area contributed by atoms with Gasteiger partial charge in [0.15, 0.2) is 0 Å². The van der Waals surface area contributed by atoms with Crippen molar-refractivity contribution in [3.8, 4) is 5.75 Å². The number of aliphatic hydroxyl groups is 1. The summed E-state index contributed by atoms with van der Waals surface area (Å²) < 4.78 is 32.0. The van der Waals surface area contributed by atoms with Crippen LogP contribution >= 0.6 is 0 Å². The fraction of sp³-hybridized carbons (Fsp3) is 0.417. The van der Waals surface area contributed by atoms with Crippen molar-refractivity contribution in [2.75, 3.05) is 43.0 Å². The molecule has 190 valence electrons. The molecule has 0 bridgehead atoms. The van der Waals surface area contributed by atoms with Crippen LogP contribution in [0.25, 0.3) is 0 Å². The molecular formula is C24H32N4O6S. The number of ether oxygens (including phenoxy) is 1. The molecule has 2 aromatic carbocycles. The smallest absolute Gasteiger partial charge is 0.321 e. The number of para-hydroxylation sites is 1. The Hall–Kier alpha value is -3.31. The molecule has 1 heterocycles. The lowest BCUT2D eigenvalue weighted by molar-refractivity contribution is 0.0371. The van der Waals surface area contributed by atoms with E-state index in [2.05, 4.69) is 10.0 Å². The van der Waals surface area contributed by atoms with Crippen molar-refractivity contribution in [2.24, 2.45) is 5.92 Å². The van der Waals surface area contributed by atoms with E-state index in [0.717, 1.165) is 6.26 Å². The van der Waals surface area contributed by atoms with E-state index >= 15 is 0 Å². The lowest BCUT2D eigenvalue weighted by atomic mass is 9.99. The van der Waals surface area contributed by atoms with Crippen LogP contribution < -0.4 is 14.8 Å². The second-order valence-electron chi connectivity index (χ2n) is 8.88. The Bertz CT molecular complexity index is 1160. The van der Waals surface area contributed by atoms with Gasteiger partial charge in [-0.25, -0.2) is 13.2 Å². The number of nitrogens with one attached hydrogen (secondary N) is 2. The van der Waals surface area contributed by atoms with Crippen LogP contribution in [0.1, 0.15) is 24.2 Å². The van der Waals surface area contributed by atoms with E-state index in [0.29, 0.717) is 5.69 Å². The molecular weight excluding hydrogens is 472 g/mol. The zero-order valence-electron chi connectivity index (χ0n) is 20.3. The molecule has 35 heavy (non-hydrogen) atoms. The minimum atomic E-state index is -3.55. The molecule has 11 heteroatoms. The maximum atomic E-state index is 13.4. The van der Waals surface area contributed by atoms with E-state index in [-0.39, 0.29) is 54.6 Å². The first-order valence-corrected chi connectivity index (χ1v) is 13.1. The lowest BCUT2D eigenvalue weighted by Crippen LogP contribution is -2.50. The number of urea groups is 1. The Kier molecular flexibility index (Phi) is 8.23. The number of nitrogens with zero attached hydrogens (tertiary/aromatic N) is 2. The molecule has 3 amide bonds. The van der Waals surface area contributed by atoms with Gasteiger partial charge in [-0.05, 0) is 37.3 Å². The maximum absolute atomic E-state index is 13.4. The molecule has 0 saturated carbocycles. The van der Waals surface area contributed by atoms with Crippen molar-refractivity contribution >= 4 is 33.3 Å². The zero-order chi connectivity index (χ0) is 25.8. The molecule has 1 aliphatic rings. The first kappa shape index (κ1) is 26.3. The summed E-state index contributed by atoms with van der Waals surface area (Å²) in [5.74, 6) is -0.279. The van der Waals surface area contributed by atoms with E-state index in [9.17, 15) is 23.1 Å². The van der Waals surface area contributed by atoms with Gasteiger partial charge in [-0.3, -0.25) is 9.52 Å². The van der Waals surface area contributed by atoms with Crippen LogP contribution in [0.3, 0.4) is 0 Å². The highest BCUT2D eigenvalue weighted by molar-refractivity contribution is 7.92. The van der Waals surface area contributed by atoms with Crippen LogP contribution in [-0.4, -0.2) is 80.4 Å². The van der Waals surface area contributed by atoms with Gasteiger partial charge in [0.1, 0.15) is 11.9 Å². The third-order valence-corrected chi connectivity index (χ3v) is 6.40. The highest BCUT2D eigenvalue weighted by Crippen LogP contribution is 2.31. The highest BCUT2D eigenvalue weighted by atomic mass is 32.2. The quantitative estimate of drug-likeness (QED) is 0.531. The van der Waals surface area contributed by atoms with Crippen molar-refractivity contribution in [3.63, 3.8) is 0 Å². The molecule has 2 aromatic rings. The molecule has 3 N–H and O–H groups in total. The van der Waals surface area contributed by atoms with Crippen LogP contribution in [0.15, 0.2) is 48.5 Å². The number of carbonyl (C=O) groups excluding carboxylic acids is 2. The summed E-state index contributed by atoms with van der Waals surface area (Å²) in [4.78, 5) is 29.2. The average molecular weight is 505 g/mol. The summed E-state index contributed by atoms with van der Waals surface area (Å²) in [6, 6.07) is 12.8. The number of hydrogen-bond acceptors (Lipinski definition) is 6. The Labute approximate surface area is 205 Å². The first-order valence-electron chi connectivity index (χ1n) is 11.3. The molecule has 1 aliphatic heterocycles. The second kappa shape index (κ2) is 11.0. The topological polar surface area (TPSA) is 128 Å². The third kappa shape index (κ3) is 6.86. The fourth-order valence-electron chi connectivity index (χ4n) is 3.81. The number of amides is 3. The standard InChI is InChI=1S/C24H32N4O6S/c1-16-13-28(17(2)15-29)23(30)20-12-19(26-35(4,32)33)10-11-21(20)34-22(16)14-27(3)24(31)25-18-8-6-5-7-9-18/h5-12,16-17,22,26,29H,13-15H2,1-4H3,(H,25,31)/t16-,17+,22+/m0/s1. The molecule has 0 aliphatic carbocycles.